The van der Waals surface area contributed by atoms with Crippen molar-refractivity contribution in [1.29, 1.82) is 0 Å². The van der Waals surface area contributed by atoms with Crippen molar-refractivity contribution in [2.24, 2.45) is 0 Å². The number of nitrogens with zero attached hydrogens (tertiary/aromatic N) is 4. The van der Waals surface area contributed by atoms with Crippen molar-refractivity contribution in [2.75, 3.05) is 5.32 Å². The van der Waals surface area contributed by atoms with Crippen LogP contribution in [0.4, 0.5) is 5.82 Å². The topological polar surface area (TPSA) is 131 Å². The normalized spacial score (nSPS) is 11.6. The van der Waals surface area contributed by atoms with Crippen LogP contribution in [0, 0.1) is 0 Å². The van der Waals surface area contributed by atoms with Gasteiger partial charge in [-0.05, 0) is 36.4 Å². The highest BCUT2D eigenvalue weighted by atomic mass is 32.1. The number of hydrogen-bond acceptors (Lipinski definition) is 7. The maximum absolute atomic E-state index is 12.7. The molecule has 0 saturated carbocycles. The third-order valence-corrected chi connectivity index (χ3v) is 5.35. The van der Waals surface area contributed by atoms with Crippen LogP contribution < -0.4 is 10.6 Å². The maximum atomic E-state index is 12.7. The second kappa shape index (κ2) is 10.2. The Kier molecular flexibility index (Phi) is 6.71. The Bertz CT molecular complexity index is 1300. The van der Waals surface area contributed by atoms with E-state index >= 15 is 0 Å². The molecule has 0 aliphatic heterocycles. The zero-order chi connectivity index (χ0) is 23.0. The number of hydrogen-bond donors (Lipinski definition) is 3. The first kappa shape index (κ1) is 21.7. The highest BCUT2D eigenvalue weighted by molar-refractivity contribution is 7.16. The molecular formula is C22H19N7O3S. The molecule has 0 atom stereocenters. The van der Waals surface area contributed by atoms with Gasteiger partial charge in [0.25, 0.3) is 11.8 Å². The molecule has 33 heavy (non-hydrogen) atoms. The largest absolute Gasteiger partial charge is 0.463 e. The first-order valence-corrected chi connectivity index (χ1v) is 10.6. The van der Waals surface area contributed by atoms with Crippen molar-refractivity contribution in [3.05, 3.63) is 95.6 Å². The Morgan fingerprint density at radius 1 is 1.24 bits per heavy atom. The average Bonchev–Trinajstić information content (AvgIpc) is 3.61. The van der Waals surface area contributed by atoms with Gasteiger partial charge in [-0.2, -0.15) is 10.2 Å². The third kappa shape index (κ3) is 5.60. The van der Waals surface area contributed by atoms with Gasteiger partial charge in [0, 0.05) is 11.8 Å². The van der Waals surface area contributed by atoms with Crippen LogP contribution in [-0.2, 0) is 6.54 Å². The van der Waals surface area contributed by atoms with Crippen molar-refractivity contribution < 1.29 is 14.0 Å². The van der Waals surface area contributed by atoms with E-state index in [0.717, 1.165) is 11.3 Å². The van der Waals surface area contributed by atoms with E-state index in [2.05, 4.69) is 37.5 Å². The van der Waals surface area contributed by atoms with Gasteiger partial charge in [0.1, 0.15) is 18.3 Å². The molecule has 4 rings (SSSR count). The minimum atomic E-state index is -0.369. The highest BCUT2D eigenvalue weighted by Crippen LogP contribution is 2.22. The number of H-pyrrole nitrogens is 1. The number of carbonyl (C=O) groups excluding carboxylic acids is 2. The molecule has 0 unspecified atom stereocenters. The molecule has 11 heteroatoms. The number of furan rings is 1. The predicted molar refractivity (Wildman–Crippen MR) is 123 cm³/mol. The second-order valence-corrected chi connectivity index (χ2v) is 7.68. The fraction of sp³-hybridized carbons (Fsp3) is 0.0455. The lowest BCUT2D eigenvalue weighted by Crippen LogP contribution is -2.20. The molecule has 0 aliphatic rings. The summed E-state index contributed by atoms with van der Waals surface area (Å²) in [6.07, 6.45) is 11.4. The standard InChI is InChI=1S/C22H19N7O3S/c1-2-5-15(6-3-10-29-14-23-13-24-29)25-21(30)18-8-9-19(33-18)22(31)26-20-12-16(27-28-20)17-7-4-11-32-17/h2-9,11-14H,1,10H2,(H,25,30)(H2,26,27,28,31)/b6-3-,15-5+. The third-order valence-electron chi connectivity index (χ3n) is 4.27. The molecule has 0 saturated heterocycles. The molecule has 0 bridgehead atoms. The second-order valence-electron chi connectivity index (χ2n) is 6.59. The molecule has 2 amide bonds. The van der Waals surface area contributed by atoms with Gasteiger partial charge >= 0.3 is 0 Å². The predicted octanol–water partition coefficient (Wildman–Crippen LogP) is 3.63. The van der Waals surface area contributed by atoms with E-state index in [1.807, 2.05) is 6.08 Å². The van der Waals surface area contributed by atoms with Crippen LogP contribution in [0.15, 0.2) is 90.2 Å². The Balaban J connectivity index is 1.36. The number of nitrogens with one attached hydrogen (secondary N) is 3. The van der Waals surface area contributed by atoms with Crippen LogP contribution in [0.1, 0.15) is 19.3 Å². The van der Waals surface area contributed by atoms with Crippen LogP contribution >= 0.6 is 11.3 Å². The van der Waals surface area contributed by atoms with Gasteiger partial charge in [-0.1, -0.05) is 18.7 Å². The number of aromatic amines is 1. The molecule has 4 aromatic heterocycles. The quantitative estimate of drug-likeness (QED) is 0.326. The van der Waals surface area contributed by atoms with Gasteiger partial charge in [-0.15, -0.1) is 11.3 Å². The highest BCUT2D eigenvalue weighted by Gasteiger charge is 2.16. The Morgan fingerprint density at radius 3 is 2.82 bits per heavy atom. The number of rotatable bonds is 9. The number of aromatic nitrogens is 5. The summed E-state index contributed by atoms with van der Waals surface area (Å²) in [4.78, 5) is 29.9. The van der Waals surface area contributed by atoms with Crippen molar-refractivity contribution in [3.8, 4) is 11.5 Å². The summed E-state index contributed by atoms with van der Waals surface area (Å²) >= 11 is 1.07. The van der Waals surface area contributed by atoms with Crippen molar-refractivity contribution in [3.63, 3.8) is 0 Å². The van der Waals surface area contributed by atoms with Crippen LogP contribution in [0.3, 0.4) is 0 Å². The summed E-state index contributed by atoms with van der Waals surface area (Å²) in [6, 6.07) is 8.39. The minimum absolute atomic E-state index is 0.336. The zero-order valence-electron chi connectivity index (χ0n) is 17.3. The van der Waals surface area contributed by atoms with Gasteiger partial charge in [0.2, 0.25) is 0 Å². The summed E-state index contributed by atoms with van der Waals surface area (Å²) in [5, 5.41) is 16.4. The molecule has 0 aliphatic carbocycles. The van der Waals surface area contributed by atoms with Gasteiger partial charge in [0.15, 0.2) is 11.6 Å². The lowest BCUT2D eigenvalue weighted by molar-refractivity contribution is 0.0970. The molecule has 10 nitrogen and oxygen atoms in total. The zero-order valence-corrected chi connectivity index (χ0v) is 18.1. The van der Waals surface area contributed by atoms with E-state index in [1.165, 1.54) is 6.33 Å². The molecule has 4 aromatic rings. The van der Waals surface area contributed by atoms with E-state index in [1.54, 1.807) is 65.8 Å². The van der Waals surface area contributed by atoms with Crippen molar-refractivity contribution in [1.82, 2.24) is 30.3 Å². The molecule has 0 aromatic carbocycles. The summed E-state index contributed by atoms with van der Waals surface area (Å²) in [5.41, 5.74) is 1.19. The fourth-order valence-electron chi connectivity index (χ4n) is 2.78. The summed E-state index contributed by atoms with van der Waals surface area (Å²) in [6.45, 7) is 4.17. The maximum Gasteiger partial charge on any atom is 0.266 e. The van der Waals surface area contributed by atoms with E-state index in [9.17, 15) is 9.59 Å². The Hall–Kier alpha value is -4.51. The van der Waals surface area contributed by atoms with Crippen LogP contribution in [-0.4, -0.2) is 36.8 Å². The molecule has 0 fully saturated rings. The number of anilines is 1. The number of thiophene rings is 1. The number of allylic oxidation sites excluding steroid dienone is 4. The van der Waals surface area contributed by atoms with Gasteiger partial charge in [-0.3, -0.25) is 14.7 Å². The lowest BCUT2D eigenvalue weighted by Gasteiger charge is -2.04. The molecule has 0 radical (unpaired) electrons. The van der Waals surface area contributed by atoms with Gasteiger partial charge < -0.3 is 15.1 Å². The van der Waals surface area contributed by atoms with Crippen LogP contribution in [0.25, 0.3) is 11.5 Å². The molecule has 166 valence electrons. The average molecular weight is 462 g/mol. The summed E-state index contributed by atoms with van der Waals surface area (Å²) in [5.74, 6) is 0.250. The Morgan fingerprint density at radius 2 is 2.09 bits per heavy atom. The van der Waals surface area contributed by atoms with E-state index < -0.39 is 0 Å². The first-order valence-electron chi connectivity index (χ1n) is 9.76. The molecule has 4 heterocycles. The number of carbonyl (C=O) groups is 2. The van der Waals surface area contributed by atoms with Crippen LogP contribution in [0.5, 0.6) is 0 Å². The van der Waals surface area contributed by atoms with Crippen molar-refractivity contribution in [2.45, 2.75) is 6.54 Å². The van der Waals surface area contributed by atoms with E-state index in [-0.39, 0.29) is 11.8 Å². The van der Waals surface area contributed by atoms with Crippen LogP contribution in [0.2, 0.25) is 0 Å². The molecular weight excluding hydrogens is 442 g/mol. The minimum Gasteiger partial charge on any atom is -0.463 e. The Labute approximate surface area is 192 Å². The van der Waals surface area contributed by atoms with Gasteiger partial charge in [0.05, 0.1) is 22.6 Å². The fourth-order valence-corrected chi connectivity index (χ4v) is 3.57. The molecule has 0 spiro atoms. The molecule has 3 N–H and O–H groups in total. The first-order chi connectivity index (χ1) is 16.1. The van der Waals surface area contributed by atoms with Crippen molar-refractivity contribution >= 4 is 29.0 Å². The smallest absolute Gasteiger partial charge is 0.266 e. The monoisotopic (exact) mass is 461 g/mol. The summed E-state index contributed by atoms with van der Waals surface area (Å²) < 4.78 is 6.94. The van der Waals surface area contributed by atoms with E-state index in [0.29, 0.717) is 39.3 Å². The SMILES string of the molecule is C=C/C=C(\C=C/Cn1cncn1)NC(=O)c1ccc(C(=O)Nc2cc(-c3ccco3)[nH]n2)s1. The van der Waals surface area contributed by atoms with Gasteiger partial charge in [-0.25, -0.2) is 9.67 Å². The lowest BCUT2D eigenvalue weighted by atomic mass is 10.3. The van der Waals surface area contributed by atoms with E-state index in [4.69, 9.17) is 4.42 Å². The summed E-state index contributed by atoms with van der Waals surface area (Å²) in [7, 11) is 0. The number of amides is 2.